The Morgan fingerprint density at radius 1 is 1.29 bits per heavy atom. The van der Waals surface area contributed by atoms with Gasteiger partial charge in [-0.15, -0.1) is 4.33 Å². The molecule has 17 heavy (non-hydrogen) atoms. The number of carbonyl (C=O) groups excluding carboxylic acids is 1. The summed E-state index contributed by atoms with van der Waals surface area (Å²) in [7, 11) is 0. The molecule has 1 saturated carbocycles. The van der Waals surface area contributed by atoms with Gasteiger partial charge in [0.15, 0.2) is 11.7 Å². The zero-order valence-electron chi connectivity index (χ0n) is 8.97. The molecule has 0 aromatic carbocycles. The summed E-state index contributed by atoms with van der Waals surface area (Å²) in [6, 6.07) is 3.37. The molecule has 0 radical (unpaired) electrons. The third kappa shape index (κ3) is 3.97. The molecule has 0 aromatic rings. The number of rotatable bonds is 5. The van der Waals surface area contributed by atoms with Crippen molar-refractivity contribution < 1.29 is 18.7 Å². The molecule has 0 N–H and O–H groups in total. The van der Waals surface area contributed by atoms with Crippen LogP contribution in [0.4, 0.5) is 4.53 Å². The van der Waals surface area contributed by atoms with Crippen LogP contribution in [0.1, 0.15) is 25.7 Å². The highest BCUT2D eigenvalue weighted by atomic mass is 32.2. The number of nitrogens with zero attached hydrogens (tertiary/aromatic N) is 2. The fourth-order valence-corrected chi connectivity index (χ4v) is 2.51. The Balaban J connectivity index is 2.39. The van der Waals surface area contributed by atoms with Gasteiger partial charge in [-0.05, 0) is 35.3 Å². The second-order valence-electron chi connectivity index (χ2n) is 3.79. The normalized spacial score (nSPS) is 24.0. The first-order valence-electron chi connectivity index (χ1n) is 5.16. The van der Waals surface area contributed by atoms with Crippen LogP contribution in [0.2, 0.25) is 0 Å². The third-order valence-corrected chi connectivity index (χ3v) is 3.69. The highest BCUT2D eigenvalue weighted by molar-refractivity contribution is 7.95. The summed E-state index contributed by atoms with van der Waals surface area (Å²) in [5, 5.41) is 20.3. The molecule has 0 spiro atoms. The maximum Gasteiger partial charge on any atom is 0.191 e. The first kappa shape index (κ1) is 13.9. The number of hydrogen-bond donors (Lipinski definition) is 0. The average Bonchev–Trinajstić information content (AvgIpc) is 2.38. The van der Waals surface area contributed by atoms with E-state index in [-0.39, 0.29) is 17.0 Å². The lowest BCUT2D eigenvalue weighted by atomic mass is 9.82. The van der Waals surface area contributed by atoms with Crippen LogP contribution in [0.25, 0.3) is 0 Å². The number of hydrogen-bond acceptors (Lipinski definition) is 6. The van der Waals surface area contributed by atoms with Crippen LogP contribution in [-0.4, -0.2) is 11.0 Å². The Kier molecular flexibility index (Phi) is 5.92. The van der Waals surface area contributed by atoms with Gasteiger partial charge in [-0.25, -0.2) is 0 Å². The Labute approximate surface area is 103 Å². The van der Waals surface area contributed by atoms with Crippen molar-refractivity contribution in [1.29, 1.82) is 10.5 Å². The molecule has 1 aliphatic rings. The largest absolute Gasteiger partial charge is 0.297 e. The Morgan fingerprint density at radius 3 is 2.35 bits per heavy atom. The Morgan fingerprint density at radius 2 is 1.88 bits per heavy atom. The maximum absolute atomic E-state index is 11.7. The standard InChI is InChI=1S/C10H11FN2O3S/c11-15-16-17-9-3-1-7(2-4-9)10(14)8(5-12)6-13/h7-9H,1-4H2. The summed E-state index contributed by atoms with van der Waals surface area (Å²) >= 11 is 0.892. The van der Waals surface area contributed by atoms with E-state index in [4.69, 9.17) is 10.5 Å². The van der Waals surface area contributed by atoms with Gasteiger partial charge in [-0.1, -0.05) is 0 Å². The van der Waals surface area contributed by atoms with Gasteiger partial charge in [-0.3, -0.25) is 4.79 Å². The molecule has 0 heterocycles. The third-order valence-electron chi connectivity index (χ3n) is 2.82. The average molecular weight is 258 g/mol. The van der Waals surface area contributed by atoms with Crippen LogP contribution in [0.3, 0.4) is 0 Å². The molecule has 0 saturated heterocycles. The van der Waals surface area contributed by atoms with Gasteiger partial charge in [0.1, 0.15) is 0 Å². The van der Waals surface area contributed by atoms with Crippen molar-refractivity contribution in [1.82, 2.24) is 0 Å². The Hall–Kier alpha value is -1.15. The van der Waals surface area contributed by atoms with E-state index in [1.807, 2.05) is 0 Å². The summed E-state index contributed by atoms with van der Waals surface area (Å²) in [4.78, 5) is 11.7. The van der Waals surface area contributed by atoms with Gasteiger partial charge in [0.25, 0.3) is 0 Å². The molecule has 0 unspecified atom stereocenters. The van der Waals surface area contributed by atoms with Crippen molar-refractivity contribution in [2.45, 2.75) is 30.9 Å². The van der Waals surface area contributed by atoms with Crippen molar-refractivity contribution in [2.75, 3.05) is 0 Å². The van der Waals surface area contributed by atoms with E-state index in [9.17, 15) is 9.32 Å². The number of Topliss-reactive ketones (excluding diaryl/α,β-unsaturated/α-hetero) is 1. The van der Waals surface area contributed by atoms with Crippen LogP contribution in [-0.2, 0) is 14.2 Å². The van der Waals surface area contributed by atoms with Crippen molar-refractivity contribution in [3.63, 3.8) is 0 Å². The first-order valence-corrected chi connectivity index (χ1v) is 5.97. The van der Waals surface area contributed by atoms with Crippen molar-refractivity contribution in [3.8, 4) is 12.1 Å². The zero-order chi connectivity index (χ0) is 12.7. The number of nitriles is 2. The van der Waals surface area contributed by atoms with E-state index < -0.39 is 5.92 Å². The highest BCUT2D eigenvalue weighted by Crippen LogP contribution is 2.33. The molecule has 0 aliphatic heterocycles. The predicted octanol–water partition coefficient (Wildman–Crippen LogP) is 2.26. The fraction of sp³-hybridized carbons (Fsp3) is 0.700. The first-order chi connectivity index (χ1) is 8.22. The minimum absolute atomic E-state index is 0.0809. The van der Waals surface area contributed by atoms with Crippen LogP contribution in [0.5, 0.6) is 0 Å². The molecule has 7 heteroatoms. The maximum atomic E-state index is 11.7. The molecule has 5 nitrogen and oxygen atoms in total. The van der Waals surface area contributed by atoms with Gasteiger partial charge in [0, 0.05) is 23.2 Å². The van der Waals surface area contributed by atoms with Gasteiger partial charge in [0.05, 0.1) is 12.1 Å². The lowest BCUT2D eigenvalue weighted by molar-refractivity contribution is -0.359. The second-order valence-corrected chi connectivity index (χ2v) is 4.79. The zero-order valence-corrected chi connectivity index (χ0v) is 9.78. The van der Waals surface area contributed by atoms with Crippen molar-refractivity contribution in [2.24, 2.45) is 11.8 Å². The van der Waals surface area contributed by atoms with Crippen LogP contribution >= 0.6 is 12.0 Å². The molecule has 1 aliphatic carbocycles. The molecule has 1 rings (SSSR count). The van der Waals surface area contributed by atoms with Crippen LogP contribution < -0.4 is 0 Å². The Bertz CT molecular complexity index is 330. The quantitative estimate of drug-likeness (QED) is 0.427. The molecule has 0 atom stereocenters. The summed E-state index contributed by atoms with van der Waals surface area (Å²) in [6.45, 7) is 0. The second kappa shape index (κ2) is 7.23. The molecule has 92 valence electrons. The van der Waals surface area contributed by atoms with E-state index in [2.05, 4.69) is 9.43 Å². The summed E-state index contributed by atoms with van der Waals surface area (Å²) in [6.07, 6.45) is 2.53. The van der Waals surface area contributed by atoms with Crippen molar-refractivity contribution in [3.05, 3.63) is 0 Å². The lowest BCUT2D eigenvalue weighted by Crippen LogP contribution is -2.27. The van der Waals surface area contributed by atoms with Gasteiger partial charge in [-0.2, -0.15) is 10.5 Å². The van der Waals surface area contributed by atoms with E-state index in [1.54, 1.807) is 12.1 Å². The predicted molar refractivity (Wildman–Crippen MR) is 56.3 cm³/mol. The fourth-order valence-electron chi connectivity index (χ4n) is 1.91. The molecule has 1 fully saturated rings. The molecular formula is C10H11FN2O3S. The minimum atomic E-state index is -1.17. The van der Waals surface area contributed by atoms with Crippen LogP contribution in [0, 0.1) is 34.5 Å². The van der Waals surface area contributed by atoms with Gasteiger partial charge < -0.3 is 0 Å². The minimum Gasteiger partial charge on any atom is -0.297 e. The van der Waals surface area contributed by atoms with Gasteiger partial charge >= 0.3 is 0 Å². The van der Waals surface area contributed by atoms with Gasteiger partial charge in [0.2, 0.25) is 0 Å². The number of halogens is 1. The van der Waals surface area contributed by atoms with E-state index in [1.165, 1.54) is 0 Å². The SMILES string of the molecule is N#CC(C#N)C(=O)C1CCC(SOOF)CC1. The van der Waals surface area contributed by atoms with Crippen LogP contribution in [0.15, 0.2) is 0 Å². The van der Waals surface area contributed by atoms with Crippen molar-refractivity contribution >= 4 is 17.8 Å². The monoisotopic (exact) mass is 258 g/mol. The lowest BCUT2D eigenvalue weighted by Gasteiger charge is -2.25. The van der Waals surface area contributed by atoms with E-state index in [0.717, 1.165) is 12.0 Å². The number of carbonyl (C=O) groups is 1. The number of ketones is 1. The van der Waals surface area contributed by atoms with E-state index in [0.29, 0.717) is 25.7 Å². The summed E-state index contributed by atoms with van der Waals surface area (Å²) < 4.78 is 15.4. The smallest absolute Gasteiger partial charge is 0.191 e. The highest BCUT2D eigenvalue weighted by Gasteiger charge is 2.31. The molecular weight excluding hydrogens is 247 g/mol. The molecule has 0 aromatic heterocycles. The topological polar surface area (TPSA) is 83.1 Å². The summed E-state index contributed by atoms with van der Waals surface area (Å²) in [5.41, 5.74) is 0. The molecule has 0 amide bonds. The molecule has 0 bridgehead atoms. The summed E-state index contributed by atoms with van der Waals surface area (Å²) in [5.74, 6) is -1.72. The van der Waals surface area contributed by atoms with E-state index >= 15 is 0 Å².